The van der Waals surface area contributed by atoms with Crippen LogP contribution in [0.1, 0.15) is 31.9 Å². The van der Waals surface area contributed by atoms with Gasteiger partial charge in [0.1, 0.15) is 0 Å². The molecule has 0 saturated carbocycles. The minimum absolute atomic E-state index is 0.0410. The Hall–Kier alpha value is -3.36. The van der Waals surface area contributed by atoms with E-state index in [1.807, 2.05) is 24.5 Å². The van der Waals surface area contributed by atoms with Crippen LogP contribution in [0.2, 0.25) is 0 Å². The third-order valence-electron chi connectivity index (χ3n) is 6.79. The Balaban J connectivity index is 1.38. The SMILES string of the molecule is Cc1ccn[c]([Bi]2[c]3ccccc3-c3ccc(-c4cccc(Oc5cc(C(C)(C)C)ccn5)c4)c[c]32)c1. The Morgan fingerprint density at radius 3 is 2.30 bits per heavy atom. The van der Waals surface area contributed by atoms with Crippen LogP contribution in [0.5, 0.6) is 11.6 Å². The molecule has 1 aliphatic heterocycles. The van der Waals surface area contributed by atoms with Crippen molar-refractivity contribution in [3.8, 4) is 33.9 Å². The summed E-state index contributed by atoms with van der Waals surface area (Å²) in [4.78, 5) is 9.32. The molecule has 3 heterocycles. The molecule has 182 valence electrons. The van der Waals surface area contributed by atoms with Gasteiger partial charge in [-0.25, -0.2) is 0 Å². The van der Waals surface area contributed by atoms with E-state index in [1.165, 1.54) is 37.8 Å². The van der Waals surface area contributed by atoms with Gasteiger partial charge in [-0.1, -0.05) is 0 Å². The normalized spacial score (nSPS) is 12.8. The zero-order valence-electron chi connectivity index (χ0n) is 21.6. The van der Waals surface area contributed by atoms with E-state index in [0.29, 0.717) is 5.88 Å². The fraction of sp³-hybridized carbons (Fsp3) is 0.152. The summed E-state index contributed by atoms with van der Waals surface area (Å²) >= 11 is -2.49. The molecule has 0 saturated heterocycles. The molecular formula is C33H29BiN2O. The van der Waals surface area contributed by atoms with E-state index in [9.17, 15) is 0 Å². The molecule has 0 unspecified atom stereocenters. The number of hydrogen-bond acceptors (Lipinski definition) is 3. The van der Waals surface area contributed by atoms with Crippen molar-refractivity contribution in [2.45, 2.75) is 33.1 Å². The van der Waals surface area contributed by atoms with Crippen molar-refractivity contribution in [3.63, 3.8) is 0 Å². The van der Waals surface area contributed by atoms with Crippen molar-refractivity contribution < 1.29 is 4.74 Å². The second-order valence-corrected chi connectivity index (χ2v) is 18.7. The average Bonchev–Trinajstić information content (AvgIpc) is 3.22. The Labute approximate surface area is 226 Å². The second kappa shape index (κ2) is 9.50. The van der Waals surface area contributed by atoms with Crippen LogP contribution >= 0.6 is 0 Å². The van der Waals surface area contributed by atoms with Crippen molar-refractivity contribution in [3.05, 3.63) is 115 Å². The Morgan fingerprint density at radius 1 is 0.676 bits per heavy atom. The fourth-order valence-electron chi connectivity index (χ4n) is 4.83. The Bertz CT molecular complexity index is 1620. The first-order valence-electron chi connectivity index (χ1n) is 12.6. The van der Waals surface area contributed by atoms with Gasteiger partial charge in [0.05, 0.1) is 0 Å². The van der Waals surface area contributed by atoms with Crippen LogP contribution in [0, 0.1) is 6.92 Å². The maximum atomic E-state index is 6.21. The molecule has 1 aliphatic rings. The monoisotopic (exact) mass is 678 g/mol. The van der Waals surface area contributed by atoms with Gasteiger partial charge < -0.3 is 0 Å². The number of pyridine rings is 2. The van der Waals surface area contributed by atoms with E-state index in [4.69, 9.17) is 9.72 Å². The molecule has 3 aromatic carbocycles. The summed E-state index contributed by atoms with van der Waals surface area (Å²) in [6.07, 6.45) is 3.79. The summed E-state index contributed by atoms with van der Waals surface area (Å²) in [5.41, 5.74) is 7.62. The molecule has 6 rings (SSSR count). The third kappa shape index (κ3) is 4.71. The number of aryl methyl sites for hydroxylation is 1. The van der Waals surface area contributed by atoms with Gasteiger partial charge in [-0.2, -0.15) is 0 Å². The summed E-state index contributed by atoms with van der Waals surface area (Å²) in [7, 11) is 0. The number of benzene rings is 3. The van der Waals surface area contributed by atoms with Crippen LogP contribution in [0.15, 0.2) is 103 Å². The third-order valence-corrected chi connectivity index (χ3v) is 16.2. The van der Waals surface area contributed by atoms with Crippen molar-refractivity contribution in [2.75, 3.05) is 0 Å². The molecule has 2 aromatic heterocycles. The number of hydrogen-bond donors (Lipinski definition) is 0. The van der Waals surface area contributed by atoms with Crippen LogP contribution in [-0.2, 0) is 5.41 Å². The van der Waals surface area contributed by atoms with Crippen molar-refractivity contribution in [1.29, 1.82) is 0 Å². The van der Waals surface area contributed by atoms with E-state index in [1.54, 1.807) is 0 Å². The number of nitrogens with zero attached hydrogens (tertiary/aromatic N) is 2. The van der Waals surface area contributed by atoms with Gasteiger partial charge in [0.2, 0.25) is 0 Å². The summed E-state index contributed by atoms with van der Waals surface area (Å²) in [6.45, 7) is 8.75. The van der Waals surface area contributed by atoms with Gasteiger partial charge in [0.25, 0.3) is 0 Å². The van der Waals surface area contributed by atoms with Gasteiger partial charge in [0.15, 0.2) is 0 Å². The molecule has 4 heteroatoms. The van der Waals surface area contributed by atoms with E-state index < -0.39 is 21.8 Å². The van der Waals surface area contributed by atoms with Gasteiger partial charge >= 0.3 is 228 Å². The topological polar surface area (TPSA) is 35.0 Å². The number of ether oxygens (including phenoxy) is 1. The van der Waals surface area contributed by atoms with Gasteiger partial charge in [-0.3, -0.25) is 0 Å². The molecule has 0 radical (unpaired) electrons. The molecule has 0 aliphatic carbocycles. The van der Waals surface area contributed by atoms with Crippen LogP contribution in [0.3, 0.4) is 0 Å². The summed E-state index contributed by atoms with van der Waals surface area (Å²) < 4.78 is 10.5. The van der Waals surface area contributed by atoms with Crippen molar-refractivity contribution >= 4 is 31.7 Å². The van der Waals surface area contributed by atoms with E-state index in [2.05, 4.69) is 112 Å². The standard InChI is InChI=1S/C27H23NO.C6H6N.Bi/c1-27(2,3)24-16-17-28-26(19-24)29-25-11-7-10-23(18-25)22-14-12-21(13-15-22)20-8-5-4-6-9-20;1-6-2-4-7-5-3-6;/h4-8,10-12,14-19H,1-3H3;2-4H,1H3;. The van der Waals surface area contributed by atoms with Crippen LogP contribution in [-0.4, -0.2) is 31.7 Å². The van der Waals surface area contributed by atoms with Crippen molar-refractivity contribution in [2.24, 2.45) is 0 Å². The second-order valence-electron chi connectivity index (χ2n) is 10.5. The van der Waals surface area contributed by atoms with Crippen molar-refractivity contribution in [1.82, 2.24) is 9.97 Å². The van der Waals surface area contributed by atoms with Crippen LogP contribution in [0.4, 0.5) is 0 Å². The Morgan fingerprint density at radius 2 is 1.46 bits per heavy atom. The minimum atomic E-state index is -2.49. The molecule has 0 N–H and O–H groups in total. The molecule has 37 heavy (non-hydrogen) atoms. The van der Waals surface area contributed by atoms with Gasteiger partial charge in [-0.05, 0) is 0 Å². The first-order chi connectivity index (χ1) is 17.9. The average molecular weight is 679 g/mol. The van der Waals surface area contributed by atoms with E-state index in [0.717, 1.165) is 11.3 Å². The zero-order chi connectivity index (χ0) is 25.6. The fourth-order valence-corrected chi connectivity index (χ4v) is 15.1. The number of aromatic nitrogens is 2. The van der Waals surface area contributed by atoms with Gasteiger partial charge in [-0.15, -0.1) is 0 Å². The molecule has 0 amide bonds. The van der Waals surface area contributed by atoms with Crippen LogP contribution in [0.25, 0.3) is 22.3 Å². The quantitative estimate of drug-likeness (QED) is 0.214. The van der Waals surface area contributed by atoms with Crippen LogP contribution < -0.4 is 14.7 Å². The molecule has 3 nitrogen and oxygen atoms in total. The summed E-state index contributed by atoms with van der Waals surface area (Å²) in [6, 6.07) is 32.7. The zero-order valence-corrected chi connectivity index (χ0v) is 25.0. The van der Waals surface area contributed by atoms with E-state index in [-0.39, 0.29) is 5.41 Å². The number of fused-ring (bicyclic) bond motifs is 3. The molecule has 5 aromatic rings. The summed E-state index contributed by atoms with van der Waals surface area (Å²) in [5, 5.41) is 0. The molecule has 0 bridgehead atoms. The first-order valence-corrected chi connectivity index (χ1v) is 17.8. The maximum absolute atomic E-state index is 6.21. The predicted octanol–water partition coefficient (Wildman–Crippen LogP) is 6.04. The van der Waals surface area contributed by atoms with Gasteiger partial charge in [0, 0.05) is 0 Å². The molecular weight excluding hydrogens is 649 g/mol. The molecule has 0 fully saturated rings. The predicted molar refractivity (Wildman–Crippen MR) is 154 cm³/mol. The number of rotatable bonds is 4. The van der Waals surface area contributed by atoms with E-state index >= 15 is 0 Å². The molecule has 0 atom stereocenters. The molecule has 0 spiro atoms. The first kappa shape index (κ1) is 24.0. The Kier molecular flexibility index (Phi) is 6.17. The summed E-state index contributed by atoms with van der Waals surface area (Å²) in [5.74, 6) is 1.41.